The number of hydrogen-bond acceptors (Lipinski definition) is 6. The van der Waals surface area contributed by atoms with E-state index in [1.165, 1.54) is 4.88 Å². The van der Waals surface area contributed by atoms with Gasteiger partial charge in [-0.3, -0.25) is 14.7 Å². The quantitative estimate of drug-likeness (QED) is 0.333. The Hall–Kier alpha value is -2.62. The molecular weight excluding hydrogens is 500 g/mol. The van der Waals surface area contributed by atoms with E-state index in [-0.39, 0.29) is 5.91 Å². The summed E-state index contributed by atoms with van der Waals surface area (Å²) in [7, 11) is 0. The van der Waals surface area contributed by atoms with Crippen LogP contribution in [0.25, 0.3) is 10.2 Å². The first-order chi connectivity index (χ1) is 17.1. The standard InChI is InChI=1S/C26H25ClN4O2S2/c27-20-5-3-18(4-6-20)14-29-25(32)23-17-31(15-19-2-1-7-28-13-19)26-22(24(23)34)12-21(35-26)16-30-8-10-33-11-9-30/h1-7,12-13,17H,8-11,14-16H2,(H,29,32). The van der Waals surface area contributed by atoms with E-state index in [1.54, 1.807) is 17.5 Å². The summed E-state index contributed by atoms with van der Waals surface area (Å²) < 4.78 is 8.19. The van der Waals surface area contributed by atoms with Crippen LogP contribution >= 0.6 is 35.2 Å². The minimum Gasteiger partial charge on any atom is -0.379 e. The maximum absolute atomic E-state index is 13.2. The van der Waals surface area contributed by atoms with Crippen LogP contribution in [0.3, 0.4) is 0 Å². The van der Waals surface area contributed by atoms with E-state index < -0.39 is 0 Å². The highest BCUT2D eigenvalue weighted by Gasteiger charge is 2.18. The number of amides is 1. The number of halogens is 1. The molecule has 0 radical (unpaired) electrons. The number of nitrogens with zero attached hydrogens (tertiary/aromatic N) is 3. The smallest absolute Gasteiger partial charge is 0.254 e. The molecule has 4 heterocycles. The van der Waals surface area contributed by atoms with Gasteiger partial charge in [0.1, 0.15) is 4.83 Å². The van der Waals surface area contributed by atoms with Gasteiger partial charge in [0.25, 0.3) is 5.91 Å². The average Bonchev–Trinajstić information content (AvgIpc) is 3.31. The lowest BCUT2D eigenvalue weighted by atomic mass is 10.1. The molecule has 1 amide bonds. The molecule has 0 bridgehead atoms. The number of pyridine rings is 2. The lowest BCUT2D eigenvalue weighted by Gasteiger charge is -2.25. The van der Waals surface area contributed by atoms with Crippen LogP contribution in [0.4, 0.5) is 0 Å². The van der Waals surface area contributed by atoms with Crippen LogP contribution in [0.15, 0.2) is 61.1 Å². The van der Waals surface area contributed by atoms with Crippen LogP contribution < -0.4 is 5.32 Å². The number of aromatic nitrogens is 2. The highest BCUT2D eigenvalue weighted by atomic mass is 35.5. The van der Waals surface area contributed by atoms with Crippen LogP contribution in [0.5, 0.6) is 0 Å². The number of fused-ring (bicyclic) bond motifs is 1. The number of ether oxygens (including phenoxy) is 1. The highest BCUT2D eigenvalue weighted by molar-refractivity contribution is 7.71. The summed E-state index contributed by atoms with van der Waals surface area (Å²) in [4.78, 5) is 22.2. The minimum atomic E-state index is -0.187. The number of carbonyl (C=O) groups is 1. The van der Waals surface area contributed by atoms with Crippen molar-refractivity contribution in [3.8, 4) is 0 Å². The molecule has 0 saturated carbocycles. The number of carbonyl (C=O) groups excluding carboxylic acids is 1. The van der Waals surface area contributed by atoms with Crippen molar-refractivity contribution in [2.24, 2.45) is 0 Å². The number of nitrogens with one attached hydrogen (secondary N) is 1. The maximum Gasteiger partial charge on any atom is 0.254 e. The molecule has 6 nitrogen and oxygen atoms in total. The first-order valence-corrected chi connectivity index (χ1v) is 13.0. The molecule has 1 aromatic carbocycles. The summed E-state index contributed by atoms with van der Waals surface area (Å²) in [5.74, 6) is -0.187. The van der Waals surface area contributed by atoms with Gasteiger partial charge in [0.2, 0.25) is 0 Å². The van der Waals surface area contributed by atoms with E-state index in [0.717, 1.165) is 54.2 Å². The fourth-order valence-corrected chi connectivity index (χ4v) is 5.80. The summed E-state index contributed by atoms with van der Waals surface area (Å²) in [6, 6.07) is 13.5. The molecule has 0 atom stereocenters. The molecule has 1 N–H and O–H groups in total. The van der Waals surface area contributed by atoms with Crippen LogP contribution in [0.1, 0.15) is 26.4 Å². The number of benzene rings is 1. The Balaban J connectivity index is 1.47. The Labute approximate surface area is 218 Å². The van der Waals surface area contributed by atoms with E-state index >= 15 is 0 Å². The van der Waals surface area contributed by atoms with Crippen LogP contribution in [-0.4, -0.2) is 46.7 Å². The Morgan fingerprint density at radius 2 is 1.94 bits per heavy atom. The third-order valence-electron chi connectivity index (χ3n) is 5.97. The average molecular weight is 525 g/mol. The second kappa shape index (κ2) is 11.0. The van der Waals surface area contributed by atoms with Gasteiger partial charge in [-0.05, 0) is 35.4 Å². The third kappa shape index (κ3) is 5.79. The normalized spacial score (nSPS) is 14.3. The predicted molar refractivity (Wildman–Crippen MR) is 143 cm³/mol. The van der Waals surface area contributed by atoms with E-state index in [1.807, 2.05) is 48.8 Å². The van der Waals surface area contributed by atoms with Crippen molar-refractivity contribution in [2.75, 3.05) is 26.3 Å². The Kier molecular flexibility index (Phi) is 7.55. The van der Waals surface area contributed by atoms with Gasteiger partial charge in [-0.15, -0.1) is 11.3 Å². The van der Waals surface area contributed by atoms with E-state index in [9.17, 15) is 4.79 Å². The summed E-state index contributed by atoms with van der Waals surface area (Å²) >= 11 is 13.5. The maximum atomic E-state index is 13.2. The van der Waals surface area contributed by atoms with Gasteiger partial charge in [-0.2, -0.15) is 0 Å². The molecule has 35 heavy (non-hydrogen) atoms. The molecule has 1 fully saturated rings. The molecule has 0 aliphatic carbocycles. The number of rotatable bonds is 7. The summed E-state index contributed by atoms with van der Waals surface area (Å²) in [6.07, 6.45) is 5.49. The summed E-state index contributed by atoms with van der Waals surface area (Å²) in [6.45, 7) is 5.22. The molecule has 3 aromatic heterocycles. The van der Waals surface area contributed by atoms with Crippen molar-refractivity contribution in [2.45, 2.75) is 19.6 Å². The van der Waals surface area contributed by atoms with Crippen molar-refractivity contribution in [1.82, 2.24) is 19.8 Å². The van der Waals surface area contributed by atoms with Crippen molar-refractivity contribution in [1.29, 1.82) is 0 Å². The summed E-state index contributed by atoms with van der Waals surface area (Å²) in [5, 5.41) is 4.62. The monoisotopic (exact) mass is 524 g/mol. The Morgan fingerprint density at radius 1 is 1.14 bits per heavy atom. The van der Waals surface area contributed by atoms with Crippen molar-refractivity contribution in [3.05, 3.63) is 92.2 Å². The molecule has 1 aliphatic heterocycles. The lowest BCUT2D eigenvalue weighted by Crippen LogP contribution is -2.35. The molecule has 180 valence electrons. The zero-order chi connectivity index (χ0) is 24.2. The van der Waals surface area contributed by atoms with E-state index in [4.69, 9.17) is 28.6 Å². The molecule has 0 unspecified atom stereocenters. The van der Waals surface area contributed by atoms with Gasteiger partial charge in [0.15, 0.2) is 0 Å². The number of hydrogen-bond donors (Lipinski definition) is 1. The fourth-order valence-electron chi connectivity index (χ4n) is 4.13. The van der Waals surface area contributed by atoms with Gasteiger partial charge in [0.05, 0.1) is 23.3 Å². The molecule has 1 saturated heterocycles. The third-order valence-corrected chi connectivity index (χ3v) is 7.82. The van der Waals surface area contributed by atoms with Crippen molar-refractivity contribution >= 4 is 51.3 Å². The zero-order valence-corrected chi connectivity index (χ0v) is 21.5. The van der Waals surface area contributed by atoms with E-state index in [2.05, 4.69) is 25.8 Å². The second-order valence-electron chi connectivity index (χ2n) is 8.49. The SMILES string of the molecule is O=C(NCc1ccc(Cl)cc1)c1cn(Cc2cccnc2)c2sc(CN3CCOCC3)cc2c1=S. The Bertz CT molecular complexity index is 1380. The molecular formula is C26H25ClN4O2S2. The molecule has 4 aromatic rings. The highest BCUT2D eigenvalue weighted by Crippen LogP contribution is 2.30. The fraction of sp³-hybridized carbons (Fsp3) is 0.269. The second-order valence-corrected chi connectivity index (χ2v) is 10.5. The molecule has 9 heteroatoms. The predicted octanol–water partition coefficient (Wildman–Crippen LogP) is 5.29. The van der Waals surface area contributed by atoms with Gasteiger partial charge in [-0.25, -0.2) is 0 Å². The summed E-state index contributed by atoms with van der Waals surface area (Å²) in [5.41, 5.74) is 2.54. The molecule has 1 aliphatic rings. The molecule has 5 rings (SSSR count). The minimum absolute atomic E-state index is 0.187. The van der Waals surface area contributed by atoms with Gasteiger partial charge >= 0.3 is 0 Å². The zero-order valence-electron chi connectivity index (χ0n) is 19.1. The molecule has 0 spiro atoms. The first-order valence-electron chi connectivity index (χ1n) is 11.4. The van der Waals surface area contributed by atoms with Crippen LogP contribution in [-0.2, 0) is 24.4 Å². The van der Waals surface area contributed by atoms with Gasteiger partial charge < -0.3 is 14.6 Å². The van der Waals surface area contributed by atoms with Crippen LogP contribution in [0.2, 0.25) is 5.02 Å². The largest absolute Gasteiger partial charge is 0.379 e. The van der Waals surface area contributed by atoms with Gasteiger partial charge in [0, 0.05) is 66.6 Å². The number of morpholine rings is 1. The lowest BCUT2D eigenvalue weighted by molar-refractivity contribution is 0.0346. The van der Waals surface area contributed by atoms with Crippen molar-refractivity contribution < 1.29 is 9.53 Å². The first kappa shape index (κ1) is 24.1. The number of thiophene rings is 1. The van der Waals surface area contributed by atoms with Gasteiger partial charge in [-0.1, -0.05) is 42.0 Å². The van der Waals surface area contributed by atoms with Crippen molar-refractivity contribution in [3.63, 3.8) is 0 Å². The topological polar surface area (TPSA) is 59.4 Å². The Morgan fingerprint density at radius 3 is 2.69 bits per heavy atom. The van der Waals surface area contributed by atoms with E-state index in [0.29, 0.717) is 28.2 Å². The van der Waals surface area contributed by atoms with Crippen LogP contribution in [0, 0.1) is 4.51 Å².